The van der Waals surface area contributed by atoms with Gasteiger partial charge in [0.15, 0.2) is 0 Å². The highest BCUT2D eigenvalue weighted by Gasteiger charge is 2.29. The molecule has 1 fully saturated rings. The average Bonchev–Trinajstić information content (AvgIpc) is 3.17. The van der Waals surface area contributed by atoms with Gasteiger partial charge in [0.1, 0.15) is 6.29 Å². The molecule has 2 N–H and O–H groups in total. The van der Waals surface area contributed by atoms with Gasteiger partial charge in [-0.05, 0) is 31.1 Å². The fourth-order valence-electron chi connectivity index (χ4n) is 3.96. The van der Waals surface area contributed by atoms with Crippen molar-refractivity contribution in [3.63, 3.8) is 0 Å². The zero-order valence-corrected chi connectivity index (χ0v) is 25.4. The summed E-state index contributed by atoms with van der Waals surface area (Å²) in [5.74, 6) is 0.823. The molecule has 0 radical (unpaired) electrons. The van der Waals surface area contributed by atoms with Crippen LogP contribution >= 0.6 is 0 Å². The Labute approximate surface area is 224 Å². The van der Waals surface area contributed by atoms with Crippen LogP contribution < -0.4 is 10.6 Å². The molecule has 1 saturated heterocycles. The minimum atomic E-state index is 0.115. The molecule has 6 nitrogen and oxygen atoms in total. The van der Waals surface area contributed by atoms with Gasteiger partial charge >= 0.3 is 0 Å². The highest BCUT2D eigenvalue weighted by atomic mass is 16.2. The van der Waals surface area contributed by atoms with Gasteiger partial charge < -0.3 is 20.3 Å². The van der Waals surface area contributed by atoms with Gasteiger partial charge in [-0.25, -0.2) is 0 Å². The first kappa shape index (κ1) is 38.7. The van der Waals surface area contributed by atoms with Gasteiger partial charge in [-0.15, -0.1) is 0 Å². The van der Waals surface area contributed by atoms with Crippen LogP contribution in [0.2, 0.25) is 0 Å². The van der Waals surface area contributed by atoms with Crippen LogP contribution in [0, 0.1) is 11.3 Å². The van der Waals surface area contributed by atoms with E-state index in [1.54, 1.807) is 0 Å². The van der Waals surface area contributed by atoms with E-state index in [-0.39, 0.29) is 17.9 Å². The maximum Gasteiger partial charge on any atom is 0.242 e. The van der Waals surface area contributed by atoms with Crippen molar-refractivity contribution in [3.05, 3.63) is 12.3 Å². The molecule has 0 aromatic carbocycles. The molecule has 0 saturated carbocycles. The van der Waals surface area contributed by atoms with Crippen molar-refractivity contribution >= 4 is 18.6 Å². The summed E-state index contributed by atoms with van der Waals surface area (Å²) >= 11 is 0. The van der Waals surface area contributed by atoms with E-state index in [0.717, 1.165) is 25.1 Å². The first-order valence-corrected chi connectivity index (χ1v) is 14.3. The van der Waals surface area contributed by atoms with Crippen LogP contribution in [0.5, 0.6) is 0 Å². The van der Waals surface area contributed by atoms with Crippen LogP contribution in [0.4, 0.5) is 0 Å². The van der Waals surface area contributed by atoms with Gasteiger partial charge in [0.05, 0.1) is 13.1 Å². The standard InChI is InChI=1S/C15H28N2O.C10H22.C3H5NO2.C2H6/c1-11-7-13(3)17(10-11)14(18)9-16-12(2)8-15(4,5)6;1-3-5-7-9-10-8-6-4-2;5-2-1-4-3-6;1-2/h11,13,16H,2,7-10H2,1,3-6H3;3-10H2,1-2H3;2-3H,1H2,(H,4,6);1-2H3/t11-,13?;;;/m1.../s1. The minimum absolute atomic E-state index is 0.115. The molecule has 1 aliphatic heterocycles. The maximum atomic E-state index is 12.1. The summed E-state index contributed by atoms with van der Waals surface area (Å²) in [6, 6.07) is 0.380. The molecular formula is C30H61N3O3. The lowest BCUT2D eigenvalue weighted by Gasteiger charge is -2.24. The SMILES string of the molecule is C=C(CC(C)(C)C)NCC(=O)N1C[C@H](C)CC1C.CC.CCCCCCCCCC.O=CCNC=O. The van der Waals surface area contributed by atoms with E-state index in [2.05, 4.69) is 65.7 Å². The number of aldehydes is 1. The summed E-state index contributed by atoms with van der Waals surface area (Å²) in [6.07, 6.45) is 14.6. The summed E-state index contributed by atoms with van der Waals surface area (Å²) in [6.45, 7) is 24.8. The Bertz CT molecular complexity index is 528. The molecule has 0 aromatic rings. The normalized spacial score (nSPS) is 16.2. The zero-order valence-electron chi connectivity index (χ0n) is 25.4. The van der Waals surface area contributed by atoms with Crippen molar-refractivity contribution < 1.29 is 14.4 Å². The van der Waals surface area contributed by atoms with Crippen molar-refractivity contribution in [2.24, 2.45) is 11.3 Å². The van der Waals surface area contributed by atoms with Crippen molar-refractivity contribution in [2.75, 3.05) is 19.6 Å². The monoisotopic (exact) mass is 511 g/mol. The number of nitrogens with one attached hydrogen (secondary N) is 2. The van der Waals surface area contributed by atoms with Crippen LogP contribution in [-0.4, -0.2) is 49.2 Å². The molecule has 214 valence electrons. The Balaban J connectivity index is -0.000000509. The summed E-state index contributed by atoms with van der Waals surface area (Å²) in [7, 11) is 0. The third kappa shape index (κ3) is 26.7. The van der Waals surface area contributed by atoms with E-state index in [1.807, 2.05) is 18.7 Å². The van der Waals surface area contributed by atoms with Crippen molar-refractivity contribution in [3.8, 4) is 0 Å². The first-order chi connectivity index (χ1) is 17.0. The third-order valence-electron chi connectivity index (χ3n) is 5.58. The fourth-order valence-corrected chi connectivity index (χ4v) is 3.96. The number of carbonyl (C=O) groups is 3. The van der Waals surface area contributed by atoms with E-state index in [4.69, 9.17) is 0 Å². The van der Waals surface area contributed by atoms with Crippen LogP contribution in [-0.2, 0) is 14.4 Å². The highest BCUT2D eigenvalue weighted by molar-refractivity contribution is 5.79. The smallest absolute Gasteiger partial charge is 0.242 e. The second-order valence-corrected chi connectivity index (χ2v) is 10.7. The summed E-state index contributed by atoms with van der Waals surface area (Å²) in [5.41, 5.74) is 1.17. The topological polar surface area (TPSA) is 78.5 Å². The number of unbranched alkanes of at least 4 members (excludes halogenated alkanes) is 7. The van der Waals surface area contributed by atoms with E-state index >= 15 is 0 Å². The summed E-state index contributed by atoms with van der Waals surface area (Å²) in [4.78, 5) is 32.7. The fraction of sp³-hybridized carbons (Fsp3) is 0.833. The molecular weight excluding hydrogens is 450 g/mol. The van der Waals surface area contributed by atoms with Crippen molar-refractivity contribution in [2.45, 2.75) is 133 Å². The van der Waals surface area contributed by atoms with Gasteiger partial charge in [0.25, 0.3) is 0 Å². The quantitative estimate of drug-likeness (QED) is 0.197. The molecule has 2 amide bonds. The van der Waals surface area contributed by atoms with Crippen molar-refractivity contribution in [1.29, 1.82) is 0 Å². The number of nitrogens with zero attached hydrogens (tertiary/aromatic N) is 1. The molecule has 1 aliphatic rings. The first-order valence-electron chi connectivity index (χ1n) is 14.3. The Morgan fingerprint density at radius 2 is 1.47 bits per heavy atom. The lowest BCUT2D eigenvalue weighted by Crippen LogP contribution is -2.40. The summed E-state index contributed by atoms with van der Waals surface area (Å²) in [5, 5.41) is 5.31. The molecule has 0 spiro atoms. The maximum absolute atomic E-state index is 12.1. The second-order valence-electron chi connectivity index (χ2n) is 10.7. The van der Waals surface area contributed by atoms with E-state index in [9.17, 15) is 14.4 Å². The number of hydrogen-bond acceptors (Lipinski definition) is 4. The Morgan fingerprint density at radius 3 is 1.81 bits per heavy atom. The molecule has 0 aliphatic carbocycles. The van der Waals surface area contributed by atoms with Gasteiger partial charge in [-0.1, -0.05) is 113 Å². The molecule has 0 bridgehead atoms. The molecule has 1 heterocycles. The number of allylic oxidation sites excluding steroid dienone is 1. The molecule has 36 heavy (non-hydrogen) atoms. The third-order valence-corrected chi connectivity index (χ3v) is 5.58. The van der Waals surface area contributed by atoms with Crippen LogP contribution in [0.1, 0.15) is 127 Å². The highest BCUT2D eigenvalue weighted by Crippen LogP contribution is 2.23. The Hall–Kier alpha value is -1.85. The largest absolute Gasteiger partial charge is 0.380 e. The predicted octanol–water partition coefficient (Wildman–Crippen LogP) is 6.89. The molecule has 1 unspecified atom stereocenters. The van der Waals surface area contributed by atoms with E-state index in [1.165, 1.54) is 51.4 Å². The number of rotatable bonds is 14. The summed E-state index contributed by atoms with van der Waals surface area (Å²) < 4.78 is 0. The molecule has 2 atom stereocenters. The predicted molar refractivity (Wildman–Crippen MR) is 156 cm³/mol. The number of amides is 2. The van der Waals surface area contributed by atoms with Crippen LogP contribution in [0.3, 0.4) is 0 Å². The minimum Gasteiger partial charge on any atom is -0.380 e. The van der Waals surface area contributed by atoms with E-state index < -0.39 is 0 Å². The Morgan fingerprint density at radius 1 is 0.972 bits per heavy atom. The number of hydrogen-bond donors (Lipinski definition) is 2. The lowest BCUT2D eigenvalue weighted by atomic mass is 9.91. The molecule has 6 heteroatoms. The average molecular weight is 512 g/mol. The lowest BCUT2D eigenvalue weighted by molar-refractivity contribution is -0.130. The molecule has 0 aromatic heterocycles. The molecule has 1 rings (SSSR count). The van der Waals surface area contributed by atoms with Crippen molar-refractivity contribution in [1.82, 2.24) is 15.5 Å². The van der Waals surface area contributed by atoms with Gasteiger partial charge in [-0.2, -0.15) is 0 Å². The van der Waals surface area contributed by atoms with Crippen LogP contribution in [0.25, 0.3) is 0 Å². The van der Waals surface area contributed by atoms with E-state index in [0.29, 0.717) is 31.2 Å². The number of likely N-dealkylation sites (tertiary alicyclic amines) is 1. The second kappa shape index (κ2) is 26.2. The van der Waals surface area contributed by atoms with Crippen LogP contribution in [0.15, 0.2) is 12.3 Å². The van der Waals surface area contributed by atoms with Gasteiger partial charge in [0.2, 0.25) is 12.3 Å². The van der Waals surface area contributed by atoms with Gasteiger partial charge in [-0.3, -0.25) is 9.59 Å². The zero-order chi connectivity index (χ0) is 28.4. The van der Waals surface area contributed by atoms with Gasteiger partial charge in [0, 0.05) is 18.3 Å². The number of carbonyl (C=O) groups excluding carboxylic acids is 3. The Kier molecular flexibility index (Phi) is 28.2.